The van der Waals surface area contributed by atoms with E-state index in [1.165, 1.54) is 44.2 Å². The summed E-state index contributed by atoms with van der Waals surface area (Å²) in [6, 6.07) is 10.6. The maximum atomic E-state index is 13.0. The van der Waals surface area contributed by atoms with Gasteiger partial charge in [-0.3, -0.25) is 20.4 Å². The molecule has 0 aliphatic heterocycles. The lowest BCUT2D eigenvalue weighted by atomic mass is 10.2. The molecule has 3 rings (SSSR count). The fourth-order valence-corrected chi connectivity index (χ4v) is 3.15. The van der Waals surface area contributed by atoms with Crippen LogP contribution in [0.4, 0.5) is 4.39 Å². The molecule has 2 amide bonds. The molecule has 30 heavy (non-hydrogen) atoms. The number of halogens is 1. The fourth-order valence-electron chi connectivity index (χ4n) is 2.50. The summed E-state index contributed by atoms with van der Waals surface area (Å²) in [6.45, 7) is 0. The normalized spacial score (nSPS) is 10.4. The van der Waals surface area contributed by atoms with E-state index < -0.39 is 11.8 Å². The Morgan fingerprint density at radius 3 is 2.50 bits per heavy atom. The van der Waals surface area contributed by atoms with Gasteiger partial charge < -0.3 is 14.5 Å². The third-order valence-corrected chi connectivity index (χ3v) is 4.90. The Bertz CT molecular complexity index is 1040. The van der Waals surface area contributed by atoms with Gasteiger partial charge in [-0.05, 0) is 48.0 Å². The molecule has 0 bridgehead atoms. The van der Waals surface area contributed by atoms with Crippen LogP contribution in [0.5, 0.6) is 11.5 Å². The number of ether oxygens (including phenoxy) is 2. The molecular weight excluding hydrogens is 411 g/mol. The standard InChI is InChI=1S/C20H19FN4O4S/c1-28-16-8-5-13(9-17(16)29-2)19(27)25-24-18(26)11-30-20-22-10-15(23-20)12-3-6-14(21)7-4-12/h3-10H,11H2,1-2H3,(H,22,23)(H,24,26)(H,25,27). The average Bonchev–Trinajstić information content (AvgIpc) is 3.25. The van der Waals surface area contributed by atoms with E-state index in [1.54, 1.807) is 30.5 Å². The summed E-state index contributed by atoms with van der Waals surface area (Å²) in [5.74, 6) is -0.295. The van der Waals surface area contributed by atoms with Gasteiger partial charge in [0.15, 0.2) is 16.7 Å². The summed E-state index contributed by atoms with van der Waals surface area (Å²) in [7, 11) is 2.96. The van der Waals surface area contributed by atoms with E-state index in [4.69, 9.17) is 9.47 Å². The van der Waals surface area contributed by atoms with Gasteiger partial charge in [-0.2, -0.15) is 0 Å². The van der Waals surface area contributed by atoms with Crippen LogP contribution >= 0.6 is 11.8 Å². The molecule has 1 aromatic heterocycles. The Morgan fingerprint density at radius 2 is 1.80 bits per heavy atom. The third kappa shape index (κ3) is 5.29. The lowest BCUT2D eigenvalue weighted by molar-refractivity contribution is -0.119. The van der Waals surface area contributed by atoms with Crippen molar-refractivity contribution in [3.63, 3.8) is 0 Å². The van der Waals surface area contributed by atoms with Gasteiger partial charge in [0.1, 0.15) is 5.82 Å². The first-order valence-corrected chi connectivity index (χ1v) is 9.73. The van der Waals surface area contributed by atoms with Gasteiger partial charge in [0.25, 0.3) is 5.91 Å². The molecule has 0 aliphatic rings. The number of imidazole rings is 1. The van der Waals surface area contributed by atoms with Crippen molar-refractivity contribution in [3.05, 3.63) is 60.0 Å². The number of aromatic amines is 1. The Balaban J connectivity index is 1.49. The first-order valence-electron chi connectivity index (χ1n) is 8.75. The second kappa shape index (κ2) is 9.79. The maximum Gasteiger partial charge on any atom is 0.269 e. The highest BCUT2D eigenvalue weighted by molar-refractivity contribution is 7.99. The minimum absolute atomic E-state index is 0.0303. The number of thioether (sulfide) groups is 1. The number of carbonyl (C=O) groups is 2. The Kier molecular flexibility index (Phi) is 6.91. The van der Waals surface area contributed by atoms with Crippen molar-refractivity contribution in [2.45, 2.75) is 5.16 Å². The number of carbonyl (C=O) groups excluding carboxylic acids is 2. The third-order valence-electron chi connectivity index (χ3n) is 4.01. The van der Waals surface area contributed by atoms with Gasteiger partial charge in [0.2, 0.25) is 5.91 Å². The van der Waals surface area contributed by atoms with Crippen LogP contribution in [0.2, 0.25) is 0 Å². The van der Waals surface area contributed by atoms with E-state index in [2.05, 4.69) is 20.8 Å². The number of hydrogen-bond acceptors (Lipinski definition) is 6. The molecule has 10 heteroatoms. The molecular formula is C20H19FN4O4S. The van der Waals surface area contributed by atoms with Crippen LogP contribution in [0.1, 0.15) is 10.4 Å². The number of hydrazine groups is 1. The van der Waals surface area contributed by atoms with Crippen LogP contribution in [0.15, 0.2) is 53.8 Å². The van der Waals surface area contributed by atoms with E-state index in [1.807, 2.05) is 0 Å². The van der Waals surface area contributed by atoms with Crippen LogP contribution in [-0.2, 0) is 4.79 Å². The smallest absolute Gasteiger partial charge is 0.269 e. The molecule has 1 heterocycles. The minimum Gasteiger partial charge on any atom is -0.493 e. The number of amides is 2. The number of H-pyrrole nitrogens is 1. The van der Waals surface area contributed by atoms with Crippen molar-refractivity contribution in [1.29, 1.82) is 0 Å². The SMILES string of the molecule is COc1ccc(C(=O)NNC(=O)CSc2ncc(-c3ccc(F)cc3)[nH]2)cc1OC. The molecule has 3 N–H and O–H groups in total. The summed E-state index contributed by atoms with van der Waals surface area (Å²) in [6.07, 6.45) is 1.60. The van der Waals surface area contributed by atoms with Crippen LogP contribution in [0.3, 0.4) is 0 Å². The van der Waals surface area contributed by atoms with Crippen molar-refractivity contribution in [2.24, 2.45) is 0 Å². The predicted octanol–water partition coefficient (Wildman–Crippen LogP) is 2.79. The molecule has 8 nitrogen and oxygen atoms in total. The van der Waals surface area contributed by atoms with Crippen LogP contribution in [-0.4, -0.2) is 41.8 Å². The van der Waals surface area contributed by atoms with Gasteiger partial charge in [0, 0.05) is 5.56 Å². The van der Waals surface area contributed by atoms with Crippen LogP contribution in [0.25, 0.3) is 11.3 Å². The lowest BCUT2D eigenvalue weighted by Gasteiger charge is -2.10. The first-order chi connectivity index (χ1) is 14.5. The zero-order valence-electron chi connectivity index (χ0n) is 16.2. The molecule has 2 aromatic carbocycles. The number of nitrogens with zero attached hydrogens (tertiary/aromatic N) is 1. The van der Waals surface area contributed by atoms with E-state index in [0.29, 0.717) is 27.9 Å². The summed E-state index contributed by atoms with van der Waals surface area (Å²) in [5, 5.41) is 0.524. The zero-order valence-corrected chi connectivity index (χ0v) is 17.0. The van der Waals surface area contributed by atoms with Crippen molar-refractivity contribution < 1.29 is 23.5 Å². The lowest BCUT2D eigenvalue weighted by Crippen LogP contribution is -2.42. The fraction of sp³-hybridized carbons (Fsp3) is 0.150. The number of nitrogens with one attached hydrogen (secondary N) is 3. The minimum atomic E-state index is -0.495. The summed E-state index contributed by atoms with van der Waals surface area (Å²) < 4.78 is 23.3. The Morgan fingerprint density at radius 1 is 1.07 bits per heavy atom. The Hall–Kier alpha value is -3.53. The topological polar surface area (TPSA) is 105 Å². The molecule has 0 atom stereocenters. The number of benzene rings is 2. The van der Waals surface area contributed by atoms with Crippen molar-refractivity contribution in [1.82, 2.24) is 20.8 Å². The summed E-state index contributed by atoms with van der Waals surface area (Å²) >= 11 is 1.17. The molecule has 0 spiro atoms. The molecule has 0 unspecified atom stereocenters. The van der Waals surface area contributed by atoms with Gasteiger partial charge in [-0.1, -0.05) is 11.8 Å². The van der Waals surface area contributed by atoms with E-state index in [-0.39, 0.29) is 11.6 Å². The highest BCUT2D eigenvalue weighted by atomic mass is 32.2. The molecule has 3 aromatic rings. The molecule has 0 radical (unpaired) electrons. The van der Waals surface area contributed by atoms with Gasteiger partial charge in [-0.25, -0.2) is 9.37 Å². The molecule has 0 aliphatic carbocycles. The quantitative estimate of drug-likeness (QED) is 0.393. The second-order valence-electron chi connectivity index (χ2n) is 5.97. The molecule has 0 saturated heterocycles. The second-order valence-corrected chi connectivity index (χ2v) is 6.93. The van der Waals surface area contributed by atoms with Crippen molar-refractivity contribution in [3.8, 4) is 22.8 Å². The summed E-state index contributed by atoms with van der Waals surface area (Å²) in [5.41, 5.74) is 6.48. The average molecular weight is 430 g/mol. The number of methoxy groups -OCH3 is 2. The zero-order chi connectivity index (χ0) is 21.5. The number of rotatable bonds is 7. The highest BCUT2D eigenvalue weighted by Gasteiger charge is 2.12. The Labute approximate surface area is 176 Å². The van der Waals surface area contributed by atoms with Gasteiger partial charge in [-0.15, -0.1) is 0 Å². The first kappa shape index (κ1) is 21.2. The van der Waals surface area contributed by atoms with Gasteiger partial charge >= 0.3 is 0 Å². The van der Waals surface area contributed by atoms with E-state index >= 15 is 0 Å². The van der Waals surface area contributed by atoms with Crippen molar-refractivity contribution in [2.75, 3.05) is 20.0 Å². The number of hydrogen-bond donors (Lipinski definition) is 3. The maximum absolute atomic E-state index is 13.0. The largest absolute Gasteiger partial charge is 0.493 e. The molecule has 0 saturated carbocycles. The predicted molar refractivity (Wildman–Crippen MR) is 110 cm³/mol. The molecule has 0 fully saturated rings. The van der Waals surface area contributed by atoms with Crippen LogP contribution < -0.4 is 20.3 Å². The van der Waals surface area contributed by atoms with E-state index in [9.17, 15) is 14.0 Å². The highest BCUT2D eigenvalue weighted by Crippen LogP contribution is 2.27. The van der Waals surface area contributed by atoms with Crippen LogP contribution in [0, 0.1) is 5.82 Å². The van der Waals surface area contributed by atoms with Crippen molar-refractivity contribution >= 4 is 23.6 Å². The van der Waals surface area contributed by atoms with Gasteiger partial charge in [0.05, 0.1) is 31.9 Å². The molecule has 156 valence electrons. The summed E-state index contributed by atoms with van der Waals surface area (Å²) in [4.78, 5) is 31.5. The van der Waals surface area contributed by atoms with E-state index in [0.717, 1.165) is 5.56 Å². The monoisotopic (exact) mass is 430 g/mol. The number of aromatic nitrogens is 2.